The number of hydrogen-bond donors (Lipinski definition) is 1. The van der Waals surface area contributed by atoms with E-state index in [0.717, 1.165) is 6.20 Å². The van der Waals surface area contributed by atoms with Crippen LogP contribution in [0.15, 0.2) is 15.1 Å². The van der Waals surface area contributed by atoms with Crippen LogP contribution in [0.25, 0.3) is 0 Å². The van der Waals surface area contributed by atoms with Gasteiger partial charge in [0.15, 0.2) is 0 Å². The molecule has 8 heteroatoms. The highest BCUT2D eigenvalue weighted by Gasteiger charge is 2.31. The Morgan fingerprint density at radius 2 is 1.85 bits per heavy atom. The highest BCUT2D eigenvalue weighted by molar-refractivity contribution is 9.11. The van der Waals surface area contributed by atoms with Crippen LogP contribution in [-0.2, 0) is 0 Å². The number of aromatic nitrogens is 1. The summed E-state index contributed by atoms with van der Waals surface area (Å²) in [5.74, 6) is -0.169. The SMILES string of the molecule is Nc1ncc(Br)c([B-](F)(F)F)c1Br. The van der Waals surface area contributed by atoms with Crippen molar-refractivity contribution in [2.45, 2.75) is 0 Å². The van der Waals surface area contributed by atoms with E-state index in [1.54, 1.807) is 0 Å². The number of nitrogen functional groups attached to an aromatic ring is 1. The van der Waals surface area contributed by atoms with E-state index in [1.165, 1.54) is 0 Å². The maximum atomic E-state index is 12.4. The first-order valence-electron chi connectivity index (χ1n) is 3.13. The first-order valence-corrected chi connectivity index (χ1v) is 4.72. The molecular weight excluding hydrogens is 316 g/mol. The van der Waals surface area contributed by atoms with Crippen LogP contribution in [0.2, 0.25) is 0 Å². The van der Waals surface area contributed by atoms with Crippen molar-refractivity contribution in [3.8, 4) is 0 Å². The Morgan fingerprint density at radius 3 is 2.23 bits per heavy atom. The Bertz CT molecular complexity index is 341. The van der Waals surface area contributed by atoms with Crippen LogP contribution in [0, 0.1) is 0 Å². The maximum Gasteiger partial charge on any atom is 0.512 e. The molecule has 0 saturated heterocycles. The van der Waals surface area contributed by atoms with Gasteiger partial charge in [-0.1, -0.05) is 21.4 Å². The molecule has 0 bridgehead atoms. The fourth-order valence-electron chi connectivity index (χ4n) is 0.795. The molecule has 0 aliphatic heterocycles. The average Bonchev–Trinajstić information content (AvgIpc) is 1.95. The number of hydrogen-bond acceptors (Lipinski definition) is 2. The Balaban J connectivity index is 3.43. The molecule has 0 saturated carbocycles. The highest BCUT2D eigenvalue weighted by Crippen LogP contribution is 2.25. The molecule has 1 heterocycles. The van der Waals surface area contributed by atoms with Gasteiger partial charge in [-0.05, 0) is 15.9 Å². The van der Waals surface area contributed by atoms with Crippen molar-refractivity contribution >= 4 is 50.1 Å². The topological polar surface area (TPSA) is 38.9 Å². The largest absolute Gasteiger partial charge is 0.512 e. The van der Waals surface area contributed by atoms with Gasteiger partial charge < -0.3 is 18.7 Å². The number of pyridine rings is 1. The fraction of sp³-hybridized carbons (Fsp3) is 0. The van der Waals surface area contributed by atoms with Crippen molar-refractivity contribution in [3.63, 3.8) is 0 Å². The van der Waals surface area contributed by atoms with E-state index in [1.807, 2.05) is 0 Å². The molecule has 0 radical (unpaired) electrons. The van der Waals surface area contributed by atoms with Crippen molar-refractivity contribution in [1.82, 2.24) is 4.98 Å². The lowest BCUT2D eigenvalue weighted by Gasteiger charge is -2.19. The molecule has 0 unspecified atom stereocenters. The Morgan fingerprint density at radius 1 is 1.31 bits per heavy atom. The van der Waals surface area contributed by atoms with E-state index in [2.05, 4.69) is 36.8 Å². The molecular formula is C5H3BBr2F3N2-. The number of halogens is 5. The summed E-state index contributed by atoms with van der Waals surface area (Å²) in [6, 6.07) is 0. The molecule has 0 amide bonds. The second-order valence-corrected chi connectivity index (χ2v) is 3.94. The molecule has 2 N–H and O–H groups in total. The van der Waals surface area contributed by atoms with Crippen molar-refractivity contribution in [1.29, 1.82) is 0 Å². The molecule has 0 spiro atoms. The van der Waals surface area contributed by atoms with Gasteiger partial charge in [0.25, 0.3) is 0 Å². The minimum Gasteiger partial charge on any atom is -0.445 e. The Kier molecular flexibility index (Phi) is 2.91. The number of rotatable bonds is 1. The van der Waals surface area contributed by atoms with Crippen LogP contribution >= 0.6 is 31.9 Å². The standard InChI is InChI=1S/C5H3BBr2F3N2/c7-2-1-13-5(12)4(8)3(2)6(9,10)11/h1H,(H2,12,13)/q-1. The number of nitrogens with two attached hydrogens (primary N) is 1. The zero-order valence-electron chi connectivity index (χ0n) is 6.07. The van der Waals surface area contributed by atoms with Crippen LogP contribution in [0.3, 0.4) is 0 Å². The van der Waals surface area contributed by atoms with Crippen LogP contribution < -0.4 is 11.2 Å². The van der Waals surface area contributed by atoms with Crippen LogP contribution in [0.4, 0.5) is 18.8 Å². The van der Waals surface area contributed by atoms with Gasteiger partial charge in [-0.2, -0.15) is 0 Å². The Labute approximate surface area is 89.0 Å². The van der Waals surface area contributed by atoms with Gasteiger partial charge in [-0.15, -0.1) is 0 Å². The molecule has 0 aliphatic rings. The lowest BCUT2D eigenvalue weighted by Crippen LogP contribution is -2.37. The van der Waals surface area contributed by atoms with Crippen LogP contribution in [-0.4, -0.2) is 12.0 Å². The van der Waals surface area contributed by atoms with Crippen molar-refractivity contribution in [3.05, 3.63) is 15.1 Å². The smallest absolute Gasteiger partial charge is 0.445 e. The maximum absolute atomic E-state index is 12.4. The van der Waals surface area contributed by atoms with E-state index >= 15 is 0 Å². The predicted molar refractivity (Wildman–Crippen MR) is 52.8 cm³/mol. The molecule has 0 atom stereocenters. The molecule has 1 aromatic heterocycles. The van der Waals surface area contributed by atoms with Gasteiger partial charge in [-0.25, -0.2) is 4.98 Å². The lowest BCUT2D eigenvalue weighted by molar-refractivity contribution is 0.500. The summed E-state index contributed by atoms with van der Waals surface area (Å²) < 4.78 is 36.9. The zero-order chi connectivity index (χ0) is 10.2. The quantitative estimate of drug-likeness (QED) is 0.807. The fourth-order valence-corrected chi connectivity index (χ4v) is 2.20. The minimum atomic E-state index is -5.09. The molecule has 0 aromatic carbocycles. The van der Waals surface area contributed by atoms with Crippen molar-refractivity contribution in [2.75, 3.05) is 5.73 Å². The van der Waals surface area contributed by atoms with Crippen molar-refractivity contribution in [2.24, 2.45) is 0 Å². The van der Waals surface area contributed by atoms with Gasteiger partial charge in [0.05, 0.1) is 0 Å². The Hall–Kier alpha value is -0.235. The van der Waals surface area contributed by atoms with E-state index in [-0.39, 0.29) is 14.8 Å². The van der Waals surface area contributed by atoms with Crippen LogP contribution in [0.5, 0.6) is 0 Å². The van der Waals surface area contributed by atoms with Gasteiger partial charge in [0.1, 0.15) is 5.82 Å². The summed E-state index contributed by atoms with van der Waals surface area (Å²) >= 11 is 5.51. The van der Waals surface area contributed by atoms with E-state index < -0.39 is 12.4 Å². The van der Waals surface area contributed by atoms with Gasteiger partial charge in [0.2, 0.25) is 0 Å². The van der Waals surface area contributed by atoms with Gasteiger partial charge in [-0.3, -0.25) is 0 Å². The third-order valence-corrected chi connectivity index (χ3v) is 2.83. The van der Waals surface area contributed by atoms with E-state index in [4.69, 9.17) is 5.73 Å². The average molecular weight is 319 g/mol. The summed E-state index contributed by atoms with van der Waals surface area (Å²) in [4.78, 5) is 3.55. The van der Waals surface area contributed by atoms with Crippen molar-refractivity contribution < 1.29 is 12.9 Å². The summed E-state index contributed by atoms with van der Waals surface area (Å²) in [6.07, 6.45) is 1.03. The van der Waals surface area contributed by atoms with Gasteiger partial charge in [0, 0.05) is 15.1 Å². The normalized spacial score (nSPS) is 11.8. The molecule has 72 valence electrons. The van der Waals surface area contributed by atoms with Gasteiger partial charge >= 0.3 is 6.98 Å². The molecule has 0 fully saturated rings. The second kappa shape index (κ2) is 3.49. The third-order valence-electron chi connectivity index (χ3n) is 1.36. The first-order chi connectivity index (χ1) is 5.84. The highest BCUT2D eigenvalue weighted by atomic mass is 79.9. The molecule has 13 heavy (non-hydrogen) atoms. The first kappa shape index (κ1) is 10.8. The number of anilines is 1. The monoisotopic (exact) mass is 317 g/mol. The zero-order valence-corrected chi connectivity index (χ0v) is 9.24. The molecule has 1 rings (SSSR count). The van der Waals surface area contributed by atoms with E-state index in [0.29, 0.717) is 0 Å². The molecule has 0 aliphatic carbocycles. The lowest BCUT2D eigenvalue weighted by atomic mass is 9.81. The minimum absolute atomic E-state index is 0.110. The van der Waals surface area contributed by atoms with E-state index in [9.17, 15) is 12.9 Å². The predicted octanol–water partition coefficient (Wildman–Crippen LogP) is 2.24. The summed E-state index contributed by atoms with van der Waals surface area (Å²) in [5.41, 5.74) is 4.43. The summed E-state index contributed by atoms with van der Waals surface area (Å²) in [7, 11) is 0. The molecule has 2 nitrogen and oxygen atoms in total. The molecule has 1 aromatic rings. The summed E-state index contributed by atoms with van der Waals surface area (Å²) in [5, 5.41) is 0. The van der Waals surface area contributed by atoms with Crippen LogP contribution in [0.1, 0.15) is 0 Å². The number of nitrogens with zero attached hydrogens (tertiary/aromatic N) is 1. The third kappa shape index (κ3) is 2.16. The summed E-state index contributed by atoms with van der Waals surface area (Å²) in [6.45, 7) is -5.09. The second-order valence-electron chi connectivity index (χ2n) is 2.29.